The van der Waals surface area contributed by atoms with Gasteiger partial charge >= 0.3 is 11.9 Å². The largest absolute Gasteiger partial charge is 0.479 e. The zero-order valence-electron chi connectivity index (χ0n) is 17.8. The monoisotopic (exact) mass is 462 g/mol. The van der Waals surface area contributed by atoms with Crippen LogP contribution in [-0.4, -0.2) is 61.0 Å². The molecule has 1 unspecified atom stereocenters. The van der Waals surface area contributed by atoms with Gasteiger partial charge in [-0.25, -0.2) is 19.4 Å². The molecule has 1 aromatic rings. The lowest BCUT2D eigenvalue weighted by molar-refractivity contribution is -0.335. The summed E-state index contributed by atoms with van der Waals surface area (Å²) in [7, 11) is 0. The number of esters is 1. The summed E-state index contributed by atoms with van der Waals surface area (Å²) in [6.45, 7) is -0.523. The highest BCUT2D eigenvalue weighted by Gasteiger charge is 2.64. The van der Waals surface area contributed by atoms with E-state index in [1.54, 1.807) is 12.1 Å². The fraction of sp³-hybridized carbons (Fsp3) is 0.476. The molecule has 0 spiro atoms. The second-order valence-electron chi connectivity index (χ2n) is 7.91. The Morgan fingerprint density at radius 2 is 1.97 bits per heavy atom. The fourth-order valence-electron chi connectivity index (χ4n) is 4.05. The predicted molar refractivity (Wildman–Crippen MR) is 112 cm³/mol. The number of nitrogens with one attached hydrogen (secondary N) is 3. The van der Waals surface area contributed by atoms with Gasteiger partial charge in [0.1, 0.15) is 6.10 Å². The molecule has 0 heterocycles. The average molecular weight is 462 g/mol. The first-order chi connectivity index (χ1) is 15.8. The number of rotatable bonds is 12. The number of carbonyl (C=O) groups excluding carboxylic acids is 3. The SMILES string of the molecule is N=C(N)NC[C@H]1CC[C@H](OC(=O)C2(OOCC(=O)O)c3cccc(C(=O)CNC=O)c32)CC1. The lowest BCUT2D eigenvalue weighted by atomic mass is 9.87. The number of carbonyl (C=O) groups is 4. The molecule has 2 aliphatic rings. The van der Waals surface area contributed by atoms with Crippen molar-refractivity contribution in [1.82, 2.24) is 10.6 Å². The zero-order valence-corrected chi connectivity index (χ0v) is 17.8. The Kier molecular flexibility index (Phi) is 7.61. The quantitative estimate of drug-likeness (QED) is 0.0528. The summed E-state index contributed by atoms with van der Waals surface area (Å²) in [5.41, 5.74) is 4.20. The van der Waals surface area contributed by atoms with Crippen molar-refractivity contribution >= 4 is 30.1 Å². The molecule has 0 aromatic heterocycles. The highest BCUT2D eigenvalue weighted by molar-refractivity contribution is 6.07. The van der Waals surface area contributed by atoms with Crippen LogP contribution in [-0.2, 0) is 34.5 Å². The van der Waals surface area contributed by atoms with Crippen molar-refractivity contribution in [2.75, 3.05) is 19.7 Å². The number of Topliss-reactive ketones (excluding diaryl/α,β-unsaturated/α-hetero) is 1. The van der Waals surface area contributed by atoms with Crippen molar-refractivity contribution in [3.05, 3.63) is 34.9 Å². The Morgan fingerprint density at radius 3 is 2.61 bits per heavy atom. The smallest absolute Gasteiger partial charge is 0.351 e. The molecule has 0 saturated heterocycles. The Morgan fingerprint density at radius 1 is 1.24 bits per heavy atom. The van der Waals surface area contributed by atoms with Crippen LogP contribution < -0.4 is 16.4 Å². The predicted octanol–water partition coefficient (Wildman–Crippen LogP) is -0.210. The van der Waals surface area contributed by atoms with Gasteiger partial charge in [-0.3, -0.25) is 15.0 Å². The molecule has 0 radical (unpaired) electrons. The molecule has 1 saturated carbocycles. The second-order valence-corrected chi connectivity index (χ2v) is 7.91. The zero-order chi connectivity index (χ0) is 24.0. The number of hydrogen-bond donors (Lipinski definition) is 5. The molecule has 1 aromatic carbocycles. The Hall–Kier alpha value is -3.51. The van der Waals surface area contributed by atoms with E-state index in [2.05, 4.69) is 10.6 Å². The number of ether oxygens (including phenoxy) is 1. The van der Waals surface area contributed by atoms with Gasteiger partial charge in [-0.15, -0.1) is 0 Å². The van der Waals surface area contributed by atoms with Gasteiger partial charge in [0, 0.05) is 23.2 Å². The van der Waals surface area contributed by atoms with Gasteiger partial charge in [-0.2, -0.15) is 0 Å². The van der Waals surface area contributed by atoms with Gasteiger partial charge < -0.3 is 26.2 Å². The minimum Gasteiger partial charge on any atom is -0.479 e. The van der Waals surface area contributed by atoms with Gasteiger partial charge in [-0.1, -0.05) is 18.2 Å². The third-order valence-corrected chi connectivity index (χ3v) is 5.68. The van der Waals surface area contributed by atoms with Crippen LogP contribution in [0.1, 0.15) is 47.2 Å². The highest BCUT2D eigenvalue weighted by Crippen LogP contribution is 2.54. The van der Waals surface area contributed by atoms with E-state index in [9.17, 15) is 19.2 Å². The highest BCUT2D eigenvalue weighted by atomic mass is 17.2. The van der Waals surface area contributed by atoms with E-state index in [0.717, 1.165) is 12.8 Å². The van der Waals surface area contributed by atoms with Gasteiger partial charge in [0.15, 0.2) is 18.3 Å². The normalized spacial score (nSPS) is 23.0. The molecule has 33 heavy (non-hydrogen) atoms. The first-order valence-electron chi connectivity index (χ1n) is 10.4. The molecule has 3 rings (SSSR count). The average Bonchev–Trinajstić information content (AvgIpc) is 3.45. The van der Waals surface area contributed by atoms with E-state index >= 15 is 0 Å². The lowest BCUT2D eigenvalue weighted by Crippen LogP contribution is -2.38. The number of guanidine groups is 1. The van der Waals surface area contributed by atoms with Crippen molar-refractivity contribution in [3.8, 4) is 0 Å². The fourth-order valence-corrected chi connectivity index (χ4v) is 4.05. The van der Waals surface area contributed by atoms with E-state index in [0.29, 0.717) is 37.3 Å². The summed E-state index contributed by atoms with van der Waals surface area (Å²) >= 11 is 0. The number of nitrogens with two attached hydrogens (primary N) is 1. The van der Waals surface area contributed by atoms with Crippen LogP contribution in [0, 0.1) is 11.3 Å². The molecule has 6 N–H and O–H groups in total. The number of fused-ring (bicyclic) bond motifs is 1. The summed E-state index contributed by atoms with van der Waals surface area (Å²) < 4.78 is 5.69. The van der Waals surface area contributed by atoms with Crippen LogP contribution in [0.4, 0.5) is 0 Å². The number of carboxylic acids is 1. The van der Waals surface area contributed by atoms with Crippen LogP contribution in [0.3, 0.4) is 0 Å². The van der Waals surface area contributed by atoms with E-state index in [1.165, 1.54) is 6.07 Å². The molecule has 0 aliphatic heterocycles. The number of amides is 1. The molecular formula is C21H26N4O8. The van der Waals surface area contributed by atoms with Gasteiger partial charge in [0.25, 0.3) is 5.60 Å². The third kappa shape index (κ3) is 5.46. The lowest BCUT2D eigenvalue weighted by Gasteiger charge is -2.29. The minimum atomic E-state index is -1.84. The first-order valence-corrected chi connectivity index (χ1v) is 10.4. The molecule has 12 nitrogen and oxygen atoms in total. The van der Waals surface area contributed by atoms with E-state index in [4.69, 9.17) is 30.8 Å². The Labute approximate surface area is 189 Å². The van der Waals surface area contributed by atoms with Crippen LogP contribution in [0.5, 0.6) is 0 Å². The maximum absolute atomic E-state index is 13.2. The van der Waals surface area contributed by atoms with Crippen molar-refractivity contribution in [3.63, 3.8) is 0 Å². The Bertz CT molecular complexity index is 944. The van der Waals surface area contributed by atoms with Crippen LogP contribution in [0.15, 0.2) is 18.2 Å². The van der Waals surface area contributed by atoms with Gasteiger partial charge in [0.2, 0.25) is 6.41 Å². The van der Waals surface area contributed by atoms with E-state index in [1.807, 2.05) is 0 Å². The molecular weight excluding hydrogens is 436 g/mol. The molecule has 1 amide bonds. The van der Waals surface area contributed by atoms with Gasteiger partial charge in [-0.05, 0) is 31.6 Å². The van der Waals surface area contributed by atoms with Crippen molar-refractivity contribution in [2.45, 2.75) is 37.4 Å². The first kappa shape index (κ1) is 24.1. The van der Waals surface area contributed by atoms with Crippen LogP contribution in [0.2, 0.25) is 0 Å². The van der Waals surface area contributed by atoms with Crippen molar-refractivity contribution in [2.24, 2.45) is 11.7 Å². The number of hydrogen-bond acceptors (Lipinski definition) is 8. The molecule has 2 aliphatic carbocycles. The molecule has 1 fully saturated rings. The summed E-state index contributed by atoms with van der Waals surface area (Å²) in [5, 5.41) is 21.2. The maximum atomic E-state index is 13.2. The molecule has 12 heteroatoms. The summed E-state index contributed by atoms with van der Waals surface area (Å²) in [4.78, 5) is 57.1. The van der Waals surface area contributed by atoms with E-state index in [-0.39, 0.29) is 23.6 Å². The summed E-state index contributed by atoms with van der Waals surface area (Å²) in [6.07, 6.45) is 2.70. The number of benzene rings is 1. The van der Waals surface area contributed by atoms with Crippen molar-refractivity contribution < 1.29 is 38.8 Å². The molecule has 1 atom stereocenters. The summed E-state index contributed by atoms with van der Waals surface area (Å²) in [5.74, 6) is -2.34. The standard InChI is InChI=1S/C21H26N4O8/c22-20(23)25-8-12-4-6-13(7-5-12)32-19(30)21(33-31-10-17(28)29)15-3-1-2-14(18(15)21)16(27)9-24-11-26/h1-3,11-13H,4-10H2,(H,24,26)(H,28,29)(H4,22,23,25)/t12-,13-,21?. The number of ketones is 1. The van der Waals surface area contributed by atoms with Crippen molar-refractivity contribution in [1.29, 1.82) is 5.41 Å². The molecule has 0 bridgehead atoms. The second kappa shape index (κ2) is 10.4. The van der Waals surface area contributed by atoms with Crippen LogP contribution >= 0.6 is 0 Å². The van der Waals surface area contributed by atoms with Gasteiger partial charge in [0.05, 0.1) is 6.54 Å². The number of carboxylic acid groups (broad SMARTS) is 1. The minimum absolute atomic E-state index is 0.0933. The Balaban J connectivity index is 1.71. The topological polar surface area (TPSA) is 190 Å². The van der Waals surface area contributed by atoms with Crippen LogP contribution in [0.25, 0.3) is 0 Å². The summed E-state index contributed by atoms with van der Waals surface area (Å²) in [6, 6.07) is 4.60. The number of aliphatic carboxylic acids is 1. The maximum Gasteiger partial charge on any atom is 0.351 e. The van der Waals surface area contributed by atoms with E-state index < -0.39 is 36.0 Å². The molecule has 178 valence electrons. The third-order valence-electron chi connectivity index (χ3n) is 5.68.